The number of hydrazine groups is 1. The molecule has 2 unspecified atom stereocenters. The van der Waals surface area contributed by atoms with E-state index in [1.807, 2.05) is 0 Å². The number of nitrogens with zero attached hydrogens (tertiary/aromatic N) is 1. The Kier molecular flexibility index (Phi) is 6.34. The number of nitrogens with one attached hydrogen (secondary N) is 2. The molecule has 0 aromatic heterocycles. The third-order valence-electron chi connectivity index (χ3n) is 4.92. The van der Waals surface area contributed by atoms with Crippen molar-refractivity contribution in [2.75, 3.05) is 13.1 Å². The molecule has 2 N–H and O–H groups in total. The Bertz CT molecular complexity index is 965. The molecule has 0 radical (unpaired) electrons. The summed E-state index contributed by atoms with van der Waals surface area (Å²) in [6.07, 6.45) is 1.01. The zero-order valence-corrected chi connectivity index (χ0v) is 17.3. The minimum absolute atomic E-state index is 0.156. The Hall–Kier alpha value is -2.71. The van der Waals surface area contributed by atoms with Crippen LogP contribution in [0.5, 0.6) is 0 Å². The van der Waals surface area contributed by atoms with Crippen molar-refractivity contribution in [2.24, 2.45) is 11.8 Å². The second-order valence-corrected chi connectivity index (χ2v) is 9.50. The van der Waals surface area contributed by atoms with E-state index in [2.05, 4.69) is 24.7 Å². The van der Waals surface area contributed by atoms with Gasteiger partial charge in [-0.2, -0.15) is 4.31 Å². The van der Waals surface area contributed by atoms with Crippen molar-refractivity contribution in [1.29, 1.82) is 0 Å². The van der Waals surface area contributed by atoms with Crippen LogP contribution in [0.1, 0.15) is 41.0 Å². The molecule has 154 valence electrons. The van der Waals surface area contributed by atoms with E-state index in [1.54, 1.807) is 30.3 Å². The lowest BCUT2D eigenvalue weighted by Crippen LogP contribution is -2.42. The third-order valence-corrected chi connectivity index (χ3v) is 6.76. The van der Waals surface area contributed by atoms with Gasteiger partial charge >= 0.3 is 0 Å². The number of hydrogen-bond donors (Lipinski definition) is 2. The zero-order chi connectivity index (χ0) is 21.0. The van der Waals surface area contributed by atoms with Crippen molar-refractivity contribution in [3.8, 4) is 0 Å². The van der Waals surface area contributed by atoms with Crippen LogP contribution >= 0.6 is 0 Å². The molecule has 0 bridgehead atoms. The van der Waals surface area contributed by atoms with E-state index in [9.17, 15) is 18.0 Å². The molecule has 1 aliphatic heterocycles. The van der Waals surface area contributed by atoms with Crippen LogP contribution in [0.4, 0.5) is 0 Å². The normalized spacial score (nSPS) is 20.1. The largest absolute Gasteiger partial charge is 0.269 e. The smallest absolute Gasteiger partial charge is 0.267 e. The van der Waals surface area contributed by atoms with Crippen LogP contribution in [-0.4, -0.2) is 37.6 Å². The summed E-state index contributed by atoms with van der Waals surface area (Å²) in [5.74, 6) is -0.344. The second kappa shape index (κ2) is 8.75. The van der Waals surface area contributed by atoms with Gasteiger partial charge in [-0.1, -0.05) is 32.0 Å². The van der Waals surface area contributed by atoms with Gasteiger partial charge in [-0.15, -0.1) is 0 Å². The van der Waals surface area contributed by atoms with Crippen molar-refractivity contribution < 1.29 is 18.0 Å². The molecule has 0 aliphatic carbocycles. The van der Waals surface area contributed by atoms with Gasteiger partial charge in [0.05, 0.1) is 4.90 Å². The average Bonchev–Trinajstić information content (AvgIpc) is 2.71. The van der Waals surface area contributed by atoms with E-state index in [0.29, 0.717) is 30.5 Å². The molecule has 1 saturated heterocycles. The Labute approximate surface area is 171 Å². The number of benzene rings is 2. The zero-order valence-electron chi connectivity index (χ0n) is 16.5. The Balaban J connectivity index is 1.64. The number of carbonyl (C=O) groups excluding carboxylic acids is 2. The van der Waals surface area contributed by atoms with Crippen LogP contribution in [0.15, 0.2) is 59.5 Å². The highest BCUT2D eigenvalue weighted by Crippen LogP contribution is 2.26. The van der Waals surface area contributed by atoms with E-state index in [-0.39, 0.29) is 10.5 Å². The number of sulfonamides is 1. The third kappa shape index (κ3) is 5.02. The Morgan fingerprint density at radius 1 is 0.828 bits per heavy atom. The summed E-state index contributed by atoms with van der Waals surface area (Å²) in [6, 6.07) is 14.2. The van der Waals surface area contributed by atoms with E-state index >= 15 is 0 Å². The molecule has 8 heteroatoms. The van der Waals surface area contributed by atoms with Crippen LogP contribution in [0.3, 0.4) is 0 Å². The van der Waals surface area contributed by atoms with Crippen molar-refractivity contribution in [3.63, 3.8) is 0 Å². The fraction of sp³-hybridized carbons (Fsp3) is 0.333. The Morgan fingerprint density at radius 2 is 1.31 bits per heavy atom. The van der Waals surface area contributed by atoms with Crippen LogP contribution in [-0.2, 0) is 10.0 Å². The number of piperidine rings is 1. The maximum Gasteiger partial charge on any atom is 0.269 e. The number of hydrogen-bond acceptors (Lipinski definition) is 4. The standard InChI is InChI=1S/C21H25N3O4S/c1-15-12-16(2)14-24(13-15)29(27,28)19-10-8-18(9-11-19)21(26)23-22-20(25)17-6-4-3-5-7-17/h3-11,15-16H,12-14H2,1-2H3,(H,22,25)(H,23,26). The molecule has 2 aromatic carbocycles. The minimum atomic E-state index is -3.60. The first-order chi connectivity index (χ1) is 13.8. The predicted molar refractivity (Wildman–Crippen MR) is 110 cm³/mol. The molecule has 1 heterocycles. The quantitative estimate of drug-likeness (QED) is 0.750. The van der Waals surface area contributed by atoms with Gasteiger partial charge in [0.25, 0.3) is 11.8 Å². The van der Waals surface area contributed by atoms with Gasteiger partial charge in [0.15, 0.2) is 0 Å². The molecule has 0 saturated carbocycles. The van der Waals surface area contributed by atoms with Crippen molar-refractivity contribution >= 4 is 21.8 Å². The first-order valence-corrected chi connectivity index (χ1v) is 11.0. The van der Waals surface area contributed by atoms with E-state index < -0.39 is 21.8 Å². The van der Waals surface area contributed by atoms with Gasteiger partial charge < -0.3 is 0 Å². The molecular weight excluding hydrogens is 390 g/mol. The van der Waals surface area contributed by atoms with Gasteiger partial charge in [0.2, 0.25) is 10.0 Å². The van der Waals surface area contributed by atoms with Gasteiger partial charge in [-0.05, 0) is 54.7 Å². The summed E-state index contributed by atoms with van der Waals surface area (Å²) < 4.78 is 27.3. The topological polar surface area (TPSA) is 95.6 Å². The fourth-order valence-corrected chi connectivity index (χ4v) is 5.26. The first-order valence-electron chi connectivity index (χ1n) is 9.53. The summed E-state index contributed by atoms with van der Waals surface area (Å²) in [7, 11) is -3.60. The maximum absolute atomic E-state index is 12.9. The molecule has 29 heavy (non-hydrogen) atoms. The van der Waals surface area contributed by atoms with Crippen LogP contribution in [0.2, 0.25) is 0 Å². The molecule has 0 spiro atoms. The van der Waals surface area contributed by atoms with Gasteiger partial charge in [-0.25, -0.2) is 8.42 Å². The average molecular weight is 416 g/mol. The molecule has 2 atom stereocenters. The molecular formula is C21H25N3O4S. The maximum atomic E-state index is 12.9. The van der Waals surface area contributed by atoms with E-state index in [1.165, 1.54) is 28.6 Å². The van der Waals surface area contributed by atoms with E-state index in [4.69, 9.17) is 0 Å². The van der Waals surface area contributed by atoms with Crippen molar-refractivity contribution in [2.45, 2.75) is 25.2 Å². The minimum Gasteiger partial charge on any atom is -0.267 e. The summed E-state index contributed by atoms with van der Waals surface area (Å²) >= 11 is 0. The highest BCUT2D eigenvalue weighted by Gasteiger charge is 2.31. The van der Waals surface area contributed by atoms with Crippen LogP contribution in [0.25, 0.3) is 0 Å². The predicted octanol–water partition coefficient (Wildman–Crippen LogP) is 2.43. The second-order valence-electron chi connectivity index (χ2n) is 7.57. The lowest BCUT2D eigenvalue weighted by atomic mass is 9.94. The molecule has 2 aromatic rings. The highest BCUT2D eigenvalue weighted by molar-refractivity contribution is 7.89. The summed E-state index contributed by atoms with van der Waals surface area (Å²) in [5, 5.41) is 0. The van der Waals surface area contributed by atoms with E-state index in [0.717, 1.165) is 6.42 Å². The summed E-state index contributed by atoms with van der Waals surface area (Å²) in [6.45, 7) is 5.10. The Morgan fingerprint density at radius 3 is 1.83 bits per heavy atom. The monoisotopic (exact) mass is 415 g/mol. The molecule has 7 nitrogen and oxygen atoms in total. The molecule has 3 rings (SSSR count). The molecule has 2 amide bonds. The molecule has 1 aliphatic rings. The highest BCUT2D eigenvalue weighted by atomic mass is 32.2. The lowest BCUT2D eigenvalue weighted by Gasteiger charge is -2.34. The van der Waals surface area contributed by atoms with Crippen molar-refractivity contribution in [3.05, 3.63) is 65.7 Å². The van der Waals surface area contributed by atoms with Crippen molar-refractivity contribution in [1.82, 2.24) is 15.2 Å². The van der Waals surface area contributed by atoms with Gasteiger partial charge in [-0.3, -0.25) is 20.4 Å². The number of carbonyl (C=O) groups is 2. The fourth-order valence-electron chi connectivity index (χ4n) is 3.58. The van der Waals surface area contributed by atoms with Gasteiger partial charge in [0.1, 0.15) is 0 Å². The number of rotatable bonds is 4. The molecule has 1 fully saturated rings. The SMILES string of the molecule is CC1CC(C)CN(S(=O)(=O)c2ccc(C(=O)NNC(=O)c3ccccc3)cc2)C1. The van der Waals surface area contributed by atoms with Crippen LogP contribution < -0.4 is 10.9 Å². The summed E-state index contributed by atoms with van der Waals surface area (Å²) in [5.41, 5.74) is 5.33. The number of amides is 2. The lowest BCUT2D eigenvalue weighted by molar-refractivity contribution is 0.0846. The summed E-state index contributed by atoms with van der Waals surface area (Å²) in [4.78, 5) is 24.4. The van der Waals surface area contributed by atoms with Crippen LogP contribution in [0, 0.1) is 11.8 Å². The first kappa shape index (κ1) is 21.0. The van der Waals surface area contributed by atoms with Gasteiger partial charge in [0, 0.05) is 24.2 Å².